The second-order valence-electron chi connectivity index (χ2n) is 10.1. The predicted octanol–water partition coefficient (Wildman–Crippen LogP) is 8.15. The largest absolute Gasteiger partial charge is 0.472 e. The number of anilines is 1. The molecule has 5 atom stereocenters. The Bertz CT molecular complexity index is 1590. The molecule has 6 rings (SSSR count). The van der Waals surface area contributed by atoms with E-state index in [2.05, 4.69) is 81.1 Å². The second-order valence-corrected chi connectivity index (χ2v) is 12.5. The average Bonchev–Trinajstić information content (AvgIpc) is 3.78. The smallest absolute Gasteiger partial charge is 0.180 e. The molecule has 39 heavy (non-hydrogen) atoms. The van der Waals surface area contributed by atoms with E-state index in [1.54, 1.807) is 28.9 Å². The number of thiazole rings is 2. The first kappa shape index (κ1) is 25.9. The summed E-state index contributed by atoms with van der Waals surface area (Å²) in [4.78, 5) is 9.60. The molecule has 0 fully saturated rings. The van der Waals surface area contributed by atoms with Crippen molar-refractivity contribution in [3.63, 3.8) is 0 Å². The van der Waals surface area contributed by atoms with E-state index in [9.17, 15) is 0 Å². The van der Waals surface area contributed by atoms with Crippen molar-refractivity contribution in [1.29, 1.82) is 0 Å². The fourth-order valence-electron chi connectivity index (χ4n) is 5.79. The van der Waals surface area contributed by atoms with Gasteiger partial charge in [0, 0.05) is 28.5 Å². The number of nitrogens with two attached hydrogens (primary N) is 1. The zero-order valence-electron chi connectivity index (χ0n) is 21.7. The van der Waals surface area contributed by atoms with Crippen molar-refractivity contribution >= 4 is 50.2 Å². The lowest BCUT2D eigenvalue weighted by Gasteiger charge is -2.36. The van der Waals surface area contributed by atoms with Gasteiger partial charge >= 0.3 is 0 Å². The zero-order valence-corrected chi connectivity index (χ0v) is 24.2. The normalized spacial score (nSPS) is 15.7. The maximum Gasteiger partial charge on any atom is 0.180 e. The van der Waals surface area contributed by atoms with Gasteiger partial charge in [0.1, 0.15) is 11.0 Å². The zero-order chi connectivity index (χ0) is 26.8. The third-order valence-electron chi connectivity index (χ3n) is 7.88. The highest BCUT2D eigenvalue weighted by Gasteiger charge is 2.39. The average molecular weight is 575 g/mol. The van der Waals surface area contributed by atoms with Gasteiger partial charge in [0.15, 0.2) is 5.13 Å². The van der Waals surface area contributed by atoms with Crippen LogP contribution in [0.15, 0.2) is 74.3 Å². The van der Waals surface area contributed by atoms with E-state index in [0.29, 0.717) is 11.0 Å². The minimum Gasteiger partial charge on any atom is -0.472 e. The Morgan fingerprint density at radius 3 is 2.51 bits per heavy atom. The molecule has 3 N–H and O–H groups in total. The number of benzene rings is 1. The fourth-order valence-corrected chi connectivity index (χ4v) is 7.78. The number of fused-ring (bicyclic) bond motifs is 1. The van der Waals surface area contributed by atoms with E-state index in [-0.39, 0.29) is 23.7 Å². The van der Waals surface area contributed by atoms with Crippen LogP contribution in [-0.2, 0) is 0 Å². The molecule has 0 aliphatic carbocycles. The molecule has 5 heterocycles. The van der Waals surface area contributed by atoms with Crippen LogP contribution in [-0.4, -0.2) is 25.4 Å². The molecule has 0 radical (unpaired) electrons. The lowest BCUT2D eigenvalue weighted by Crippen LogP contribution is -2.24. The van der Waals surface area contributed by atoms with Gasteiger partial charge in [-0.15, -0.1) is 22.7 Å². The van der Waals surface area contributed by atoms with Crippen LogP contribution in [0.3, 0.4) is 0 Å². The topological polar surface area (TPSA) is 107 Å². The summed E-state index contributed by atoms with van der Waals surface area (Å²) in [6, 6.07) is 10.8. The summed E-state index contributed by atoms with van der Waals surface area (Å²) < 4.78 is 5.64. The van der Waals surface area contributed by atoms with Crippen molar-refractivity contribution in [2.45, 2.75) is 56.3 Å². The van der Waals surface area contributed by atoms with E-state index >= 15 is 0 Å². The third kappa shape index (κ3) is 5.41. The highest BCUT2D eigenvalue weighted by Crippen LogP contribution is 2.52. The van der Waals surface area contributed by atoms with Crippen molar-refractivity contribution < 1.29 is 4.42 Å². The standard InChI is InChI=1S/C29H30N6OS3/c1-17(19-4-6-23-24(11-19)34-35-33-23)3-5-22(21-8-10-37-13-21)28(26-14-38-16-31-26)27(20-7-9-36-12-20)18(2)25-15-39-29(30)32-25/h4,6-18,22,27-28H,3,5H2,1-2H3,(H2,30,32)(H,33,34,35)/t17-,18-,22+,27-,28+/m0/s1. The first-order chi connectivity index (χ1) is 19.1. The van der Waals surface area contributed by atoms with Crippen molar-refractivity contribution in [3.05, 3.63) is 98.0 Å². The molecule has 1 aromatic carbocycles. The summed E-state index contributed by atoms with van der Waals surface area (Å²) in [6.45, 7) is 4.56. The van der Waals surface area contributed by atoms with Crippen molar-refractivity contribution in [1.82, 2.24) is 25.4 Å². The van der Waals surface area contributed by atoms with Crippen LogP contribution in [0.1, 0.15) is 84.4 Å². The van der Waals surface area contributed by atoms with Gasteiger partial charge in [-0.3, -0.25) is 0 Å². The fraction of sp³-hybridized carbons (Fsp3) is 0.310. The first-order valence-electron chi connectivity index (χ1n) is 13.0. The van der Waals surface area contributed by atoms with Crippen LogP contribution >= 0.6 is 34.0 Å². The van der Waals surface area contributed by atoms with Gasteiger partial charge in [0.25, 0.3) is 0 Å². The van der Waals surface area contributed by atoms with E-state index in [4.69, 9.17) is 20.1 Å². The van der Waals surface area contributed by atoms with Gasteiger partial charge in [0.05, 0.1) is 29.4 Å². The van der Waals surface area contributed by atoms with Crippen LogP contribution in [0.25, 0.3) is 11.0 Å². The third-order valence-corrected chi connectivity index (χ3v) is 9.88. The van der Waals surface area contributed by atoms with Gasteiger partial charge in [-0.2, -0.15) is 26.7 Å². The van der Waals surface area contributed by atoms with E-state index < -0.39 is 0 Å². The molecular weight excluding hydrogens is 545 g/mol. The molecule has 7 nitrogen and oxygen atoms in total. The number of H-pyrrole nitrogens is 1. The Kier molecular flexibility index (Phi) is 7.58. The Morgan fingerprint density at radius 2 is 1.79 bits per heavy atom. The van der Waals surface area contributed by atoms with Gasteiger partial charge < -0.3 is 10.2 Å². The maximum absolute atomic E-state index is 6.08. The number of nitrogens with one attached hydrogen (secondary N) is 1. The maximum atomic E-state index is 6.08. The monoisotopic (exact) mass is 574 g/mol. The molecule has 0 saturated heterocycles. The van der Waals surface area contributed by atoms with Crippen molar-refractivity contribution in [2.75, 3.05) is 5.73 Å². The number of hydrogen-bond donors (Lipinski definition) is 2. The lowest BCUT2D eigenvalue weighted by atomic mass is 9.67. The van der Waals surface area contributed by atoms with Crippen LogP contribution in [0.5, 0.6) is 0 Å². The Labute approximate surface area is 239 Å². The van der Waals surface area contributed by atoms with Crippen molar-refractivity contribution in [2.24, 2.45) is 0 Å². The van der Waals surface area contributed by atoms with Crippen LogP contribution in [0, 0.1) is 0 Å². The number of aromatic nitrogens is 5. The van der Waals surface area contributed by atoms with Gasteiger partial charge in [-0.05, 0) is 76.4 Å². The molecule has 0 amide bonds. The molecule has 0 aliphatic rings. The molecule has 6 aromatic rings. The summed E-state index contributed by atoms with van der Waals surface area (Å²) in [6.07, 6.45) is 5.69. The predicted molar refractivity (Wildman–Crippen MR) is 160 cm³/mol. The molecule has 10 heteroatoms. The quantitative estimate of drug-likeness (QED) is 0.162. The van der Waals surface area contributed by atoms with Crippen molar-refractivity contribution in [3.8, 4) is 0 Å². The molecule has 200 valence electrons. The first-order valence-corrected chi connectivity index (χ1v) is 15.8. The molecule has 0 spiro atoms. The molecule has 0 unspecified atom stereocenters. The lowest BCUT2D eigenvalue weighted by molar-refractivity contribution is 0.372. The van der Waals surface area contributed by atoms with Gasteiger partial charge in [-0.25, -0.2) is 9.97 Å². The number of rotatable bonds is 11. The van der Waals surface area contributed by atoms with E-state index in [1.807, 2.05) is 11.8 Å². The number of nitrogens with zero attached hydrogens (tertiary/aromatic N) is 4. The molecular formula is C29H30N6OS3. The van der Waals surface area contributed by atoms with Crippen LogP contribution in [0.2, 0.25) is 0 Å². The Hall–Kier alpha value is -3.34. The SMILES string of the molecule is C[C@@H](CC[C@H](c1ccsc1)[C@H](c1cscn1)[C@H](c1ccoc1)[C@@H](C)c1csc(N)n1)c1ccc2n[nH]nc2c1. The van der Waals surface area contributed by atoms with Gasteiger partial charge in [0.2, 0.25) is 0 Å². The minimum atomic E-state index is 0.110. The number of thiophene rings is 1. The Balaban J connectivity index is 1.38. The number of nitrogen functional groups attached to an aromatic ring is 1. The molecule has 0 bridgehead atoms. The summed E-state index contributed by atoms with van der Waals surface area (Å²) in [7, 11) is 0. The highest BCUT2D eigenvalue weighted by molar-refractivity contribution is 7.13. The molecule has 0 saturated carbocycles. The number of furan rings is 1. The van der Waals surface area contributed by atoms with Crippen LogP contribution in [0.4, 0.5) is 5.13 Å². The summed E-state index contributed by atoms with van der Waals surface area (Å²) in [5, 5.41) is 20.6. The highest BCUT2D eigenvalue weighted by atomic mass is 32.1. The van der Waals surface area contributed by atoms with E-state index in [0.717, 1.165) is 40.8 Å². The van der Waals surface area contributed by atoms with E-state index in [1.165, 1.54) is 22.5 Å². The minimum absolute atomic E-state index is 0.110. The number of aromatic amines is 1. The van der Waals surface area contributed by atoms with Crippen LogP contribution < -0.4 is 5.73 Å². The second kappa shape index (κ2) is 11.4. The summed E-state index contributed by atoms with van der Waals surface area (Å²) >= 11 is 4.90. The molecule has 0 aliphatic heterocycles. The Morgan fingerprint density at radius 1 is 0.897 bits per heavy atom. The number of hydrogen-bond acceptors (Lipinski definition) is 9. The molecule has 5 aromatic heterocycles. The summed E-state index contributed by atoms with van der Waals surface area (Å²) in [5.74, 6) is 0.989. The van der Waals surface area contributed by atoms with Gasteiger partial charge in [-0.1, -0.05) is 19.9 Å². The summed E-state index contributed by atoms with van der Waals surface area (Å²) in [5.41, 5.74) is 15.8.